The zero-order valence-electron chi connectivity index (χ0n) is 15.6. The Bertz CT molecular complexity index is 708. The molecule has 4 atom stereocenters. The summed E-state index contributed by atoms with van der Waals surface area (Å²) in [5.74, 6) is 0. The minimum atomic E-state index is -2.00. The normalized spacial score (nSPS) is 27.6. The van der Waals surface area contributed by atoms with E-state index in [2.05, 4.69) is 38.8 Å². The van der Waals surface area contributed by atoms with Gasteiger partial charge in [-0.1, -0.05) is 20.8 Å². The fourth-order valence-electron chi connectivity index (χ4n) is 2.47. The summed E-state index contributed by atoms with van der Waals surface area (Å²) in [6.45, 7) is 10.8. The summed E-state index contributed by atoms with van der Waals surface area (Å²) in [4.78, 5) is 25.4. The topological polar surface area (TPSA) is 103 Å². The highest BCUT2D eigenvalue weighted by Gasteiger charge is 2.47. The Labute approximate surface area is 147 Å². The molecule has 0 amide bonds. The molecular formula is C16H28N2O6Si. The fourth-order valence-corrected chi connectivity index (χ4v) is 3.48. The van der Waals surface area contributed by atoms with Gasteiger partial charge in [0.2, 0.25) is 0 Å². The van der Waals surface area contributed by atoms with E-state index in [0.29, 0.717) is 0 Å². The van der Waals surface area contributed by atoms with Gasteiger partial charge in [-0.15, -0.1) is 0 Å². The third-order valence-corrected chi connectivity index (χ3v) is 9.63. The second kappa shape index (κ2) is 7.16. The van der Waals surface area contributed by atoms with Crippen LogP contribution in [0.3, 0.4) is 0 Å². The van der Waals surface area contributed by atoms with E-state index in [1.165, 1.54) is 23.9 Å². The summed E-state index contributed by atoms with van der Waals surface area (Å²) >= 11 is 0. The van der Waals surface area contributed by atoms with Crippen molar-refractivity contribution in [3.8, 4) is 0 Å². The highest BCUT2D eigenvalue weighted by atomic mass is 28.4. The van der Waals surface area contributed by atoms with Crippen molar-refractivity contribution < 1.29 is 19.0 Å². The number of rotatable bonds is 5. The van der Waals surface area contributed by atoms with Crippen molar-refractivity contribution in [3.63, 3.8) is 0 Å². The quantitative estimate of drug-likeness (QED) is 0.742. The molecule has 9 heteroatoms. The molecule has 1 aromatic rings. The molecule has 2 rings (SSSR count). The van der Waals surface area contributed by atoms with Crippen LogP contribution < -0.4 is 11.2 Å². The molecule has 1 aromatic heterocycles. The first-order valence-corrected chi connectivity index (χ1v) is 11.2. The van der Waals surface area contributed by atoms with Gasteiger partial charge in [0.25, 0.3) is 5.56 Å². The Morgan fingerprint density at radius 3 is 2.52 bits per heavy atom. The van der Waals surface area contributed by atoms with E-state index in [-0.39, 0.29) is 11.6 Å². The average molecular weight is 372 g/mol. The Morgan fingerprint density at radius 2 is 2.00 bits per heavy atom. The van der Waals surface area contributed by atoms with Gasteiger partial charge in [0.1, 0.15) is 18.3 Å². The molecule has 0 aromatic carbocycles. The van der Waals surface area contributed by atoms with E-state index >= 15 is 0 Å². The SMILES string of the molecule is CO[C@@H]1[C@H](O)[C@@H](CO[Si](C)(C)C(C)(C)C)O[C@H]1n1ccc(=O)[nH]c1=O. The van der Waals surface area contributed by atoms with Gasteiger partial charge in [-0.2, -0.15) is 0 Å². The smallest absolute Gasteiger partial charge is 0.330 e. The van der Waals surface area contributed by atoms with Gasteiger partial charge in [0.05, 0.1) is 6.61 Å². The van der Waals surface area contributed by atoms with Gasteiger partial charge in [0.15, 0.2) is 14.5 Å². The Kier molecular flexibility index (Phi) is 5.74. The van der Waals surface area contributed by atoms with Crippen molar-refractivity contribution in [3.05, 3.63) is 33.1 Å². The number of aromatic amines is 1. The van der Waals surface area contributed by atoms with E-state index in [1.54, 1.807) is 0 Å². The van der Waals surface area contributed by atoms with Gasteiger partial charge in [0, 0.05) is 19.4 Å². The molecule has 142 valence electrons. The molecule has 1 aliphatic heterocycles. The molecule has 0 bridgehead atoms. The number of aromatic nitrogens is 2. The monoisotopic (exact) mass is 372 g/mol. The van der Waals surface area contributed by atoms with Crippen molar-refractivity contribution in [2.24, 2.45) is 0 Å². The Hall–Kier alpha value is -1.26. The van der Waals surface area contributed by atoms with E-state index in [0.717, 1.165) is 0 Å². The summed E-state index contributed by atoms with van der Waals surface area (Å²) in [5.41, 5.74) is -1.11. The lowest BCUT2D eigenvalue weighted by atomic mass is 10.1. The molecule has 2 heterocycles. The largest absolute Gasteiger partial charge is 0.414 e. The molecule has 1 aliphatic rings. The van der Waals surface area contributed by atoms with E-state index in [1.807, 2.05) is 0 Å². The molecule has 1 saturated heterocycles. The molecular weight excluding hydrogens is 344 g/mol. The maximum Gasteiger partial charge on any atom is 0.330 e. The van der Waals surface area contributed by atoms with Crippen LogP contribution in [0.4, 0.5) is 0 Å². The van der Waals surface area contributed by atoms with Crippen LogP contribution in [0.2, 0.25) is 18.1 Å². The number of hydrogen-bond acceptors (Lipinski definition) is 6. The molecule has 25 heavy (non-hydrogen) atoms. The van der Waals surface area contributed by atoms with Crippen LogP contribution in [-0.2, 0) is 13.9 Å². The zero-order chi connectivity index (χ0) is 19.0. The first-order valence-electron chi connectivity index (χ1n) is 8.29. The van der Waals surface area contributed by atoms with Gasteiger partial charge in [-0.25, -0.2) is 4.79 Å². The lowest BCUT2D eigenvalue weighted by molar-refractivity contribution is -0.0613. The zero-order valence-corrected chi connectivity index (χ0v) is 16.6. The third-order valence-electron chi connectivity index (χ3n) is 5.12. The fraction of sp³-hybridized carbons (Fsp3) is 0.750. The van der Waals surface area contributed by atoms with Crippen molar-refractivity contribution in [2.45, 2.75) is 63.4 Å². The van der Waals surface area contributed by atoms with Crippen molar-refractivity contribution in [1.29, 1.82) is 0 Å². The number of H-pyrrole nitrogens is 1. The van der Waals surface area contributed by atoms with Gasteiger partial charge < -0.3 is 19.0 Å². The molecule has 0 aliphatic carbocycles. The number of nitrogens with zero attached hydrogens (tertiary/aromatic N) is 1. The summed E-state index contributed by atoms with van der Waals surface area (Å²) in [5, 5.41) is 10.6. The number of aliphatic hydroxyl groups excluding tert-OH is 1. The minimum absolute atomic E-state index is 0.0342. The molecule has 2 N–H and O–H groups in total. The third kappa shape index (κ3) is 4.12. The number of hydrogen-bond donors (Lipinski definition) is 2. The number of ether oxygens (including phenoxy) is 2. The lowest BCUT2D eigenvalue weighted by Crippen LogP contribution is -2.44. The minimum Gasteiger partial charge on any atom is -0.414 e. The number of aliphatic hydroxyl groups is 1. The van der Waals surface area contributed by atoms with Crippen LogP contribution in [0, 0.1) is 0 Å². The average Bonchev–Trinajstić information content (AvgIpc) is 2.80. The van der Waals surface area contributed by atoms with Gasteiger partial charge in [-0.3, -0.25) is 14.3 Å². The number of nitrogens with one attached hydrogen (secondary N) is 1. The summed E-state index contributed by atoms with van der Waals surface area (Å²) in [6.07, 6.45) is -1.81. The summed E-state index contributed by atoms with van der Waals surface area (Å²) in [7, 11) is -0.559. The van der Waals surface area contributed by atoms with Crippen molar-refractivity contribution in [1.82, 2.24) is 9.55 Å². The van der Waals surface area contributed by atoms with E-state index in [4.69, 9.17) is 13.9 Å². The first kappa shape index (κ1) is 20.1. The molecule has 0 unspecified atom stereocenters. The molecule has 0 saturated carbocycles. The van der Waals surface area contributed by atoms with Crippen LogP contribution in [0.1, 0.15) is 27.0 Å². The van der Waals surface area contributed by atoms with Gasteiger partial charge in [-0.05, 0) is 18.1 Å². The van der Waals surface area contributed by atoms with Crippen LogP contribution in [0.5, 0.6) is 0 Å². The first-order chi connectivity index (χ1) is 11.5. The van der Waals surface area contributed by atoms with Crippen molar-refractivity contribution >= 4 is 8.32 Å². The molecule has 0 radical (unpaired) electrons. The standard InChI is InChI=1S/C16H28N2O6Si/c1-16(2,3)25(5,6)23-9-10-12(20)13(22-4)14(24-10)18-8-7-11(19)17-15(18)21/h7-8,10,12-14,20H,9H2,1-6H3,(H,17,19,21)/t10-,12-,13-,14-/m1/s1. The van der Waals surface area contributed by atoms with E-state index in [9.17, 15) is 14.7 Å². The maximum atomic E-state index is 12.0. The highest BCUT2D eigenvalue weighted by molar-refractivity contribution is 6.74. The predicted octanol–water partition coefficient (Wildman–Crippen LogP) is 0.832. The van der Waals surface area contributed by atoms with Crippen LogP contribution in [0.15, 0.2) is 21.9 Å². The van der Waals surface area contributed by atoms with E-state index < -0.39 is 44.1 Å². The molecule has 1 fully saturated rings. The van der Waals surface area contributed by atoms with Crippen molar-refractivity contribution in [2.75, 3.05) is 13.7 Å². The maximum absolute atomic E-state index is 12.0. The Morgan fingerprint density at radius 1 is 1.36 bits per heavy atom. The summed E-state index contributed by atoms with van der Waals surface area (Å²) < 4.78 is 18.5. The molecule has 8 nitrogen and oxygen atoms in total. The predicted molar refractivity (Wildman–Crippen MR) is 95.2 cm³/mol. The van der Waals surface area contributed by atoms with Crippen LogP contribution >= 0.6 is 0 Å². The number of methoxy groups -OCH3 is 1. The second-order valence-electron chi connectivity index (χ2n) is 7.84. The van der Waals surface area contributed by atoms with Gasteiger partial charge >= 0.3 is 5.69 Å². The highest BCUT2D eigenvalue weighted by Crippen LogP contribution is 2.38. The second-order valence-corrected chi connectivity index (χ2v) is 12.7. The summed E-state index contributed by atoms with van der Waals surface area (Å²) in [6, 6.07) is 1.23. The molecule has 0 spiro atoms. The lowest BCUT2D eigenvalue weighted by Gasteiger charge is -2.37. The van der Waals surface area contributed by atoms with Crippen LogP contribution in [0.25, 0.3) is 0 Å². The Balaban J connectivity index is 2.18. The van der Waals surface area contributed by atoms with Crippen LogP contribution in [-0.4, -0.2) is 55.0 Å².